The van der Waals surface area contributed by atoms with Crippen LogP contribution in [0, 0.1) is 0 Å². The van der Waals surface area contributed by atoms with Gasteiger partial charge in [0, 0.05) is 7.05 Å². The molecule has 7 heteroatoms. The van der Waals surface area contributed by atoms with Crippen LogP contribution in [0.2, 0.25) is 0 Å². The maximum Gasteiger partial charge on any atom is 0.262 e. The van der Waals surface area contributed by atoms with Crippen molar-refractivity contribution in [3.8, 4) is 17.2 Å². The van der Waals surface area contributed by atoms with Crippen LogP contribution >= 0.6 is 11.3 Å². The number of nitrogens with zero attached hydrogens (tertiary/aromatic N) is 1. The van der Waals surface area contributed by atoms with Gasteiger partial charge in [-0.3, -0.25) is 4.79 Å². The molecule has 1 aromatic carbocycles. The molecule has 0 bridgehead atoms. The van der Waals surface area contributed by atoms with Crippen LogP contribution in [0.1, 0.15) is 20.2 Å². The van der Waals surface area contributed by atoms with Crippen molar-refractivity contribution in [2.75, 3.05) is 28.4 Å². The Hall–Kier alpha value is -2.54. The molecule has 1 heterocycles. The van der Waals surface area contributed by atoms with Gasteiger partial charge in [0.2, 0.25) is 5.75 Å². The molecule has 0 aliphatic heterocycles. The van der Waals surface area contributed by atoms with Crippen LogP contribution in [-0.2, 0) is 0 Å². The van der Waals surface area contributed by atoms with Gasteiger partial charge in [-0.2, -0.15) is 0 Å². The second kappa shape index (κ2) is 7.64. The molecule has 2 rings (SSSR count). The summed E-state index contributed by atoms with van der Waals surface area (Å²) in [5.74, 6) is 1.56. The number of carbonyl (C=O) groups is 1. The Morgan fingerprint density at radius 2 is 1.78 bits per heavy atom. The van der Waals surface area contributed by atoms with Crippen LogP contribution in [-0.4, -0.2) is 39.3 Å². The normalized spacial score (nSPS) is 10.6. The molecular weight excluding hydrogens is 316 g/mol. The number of thiazole rings is 1. The summed E-state index contributed by atoms with van der Waals surface area (Å²) < 4.78 is 15.9. The highest BCUT2D eigenvalue weighted by atomic mass is 32.1. The molecule has 0 aliphatic rings. The van der Waals surface area contributed by atoms with Crippen molar-refractivity contribution >= 4 is 29.4 Å². The molecule has 122 valence electrons. The lowest BCUT2D eigenvalue weighted by Gasteiger charge is -2.12. The maximum atomic E-state index is 11.5. The van der Waals surface area contributed by atoms with E-state index in [2.05, 4.69) is 10.3 Å². The Labute approximate surface area is 138 Å². The fraction of sp³-hybridized carbons (Fsp3) is 0.250. The van der Waals surface area contributed by atoms with Gasteiger partial charge >= 0.3 is 0 Å². The number of amides is 1. The second-order valence-electron chi connectivity index (χ2n) is 4.43. The van der Waals surface area contributed by atoms with Crippen molar-refractivity contribution < 1.29 is 19.0 Å². The first-order chi connectivity index (χ1) is 11.1. The van der Waals surface area contributed by atoms with Gasteiger partial charge in [0.1, 0.15) is 9.88 Å². The fourth-order valence-corrected chi connectivity index (χ4v) is 2.72. The van der Waals surface area contributed by atoms with Gasteiger partial charge in [-0.25, -0.2) is 4.98 Å². The summed E-state index contributed by atoms with van der Waals surface area (Å²) >= 11 is 1.32. The van der Waals surface area contributed by atoms with E-state index in [4.69, 9.17) is 14.2 Å². The Bertz CT molecular complexity index is 700. The smallest absolute Gasteiger partial charge is 0.262 e. The Morgan fingerprint density at radius 3 is 2.30 bits per heavy atom. The van der Waals surface area contributed by atoms with Gasteiger partial charge in [0.15, 0.2) is 11.5 Å². The third-order valence-corrected chi connectivity index (χ3v) is 4.04. The molecule has 1 aromatic heterocycles. The zero-order chi connectivity index (χ0) is 16.8. The minimum atomic E-state index is -0.144. The number of ether oxygens (including phenoxy) is 3. The van der Waals surface area contributed by atoms with Crippen molar-refractivity contribution in [3.63, 3.8) is 0 Å². The van der Waals surface area contributed by atoms with Crippen LogP contribution in [0.4, 0.5) is 0 Å². The van der Waals surface area contributed by atoms with Gasteiger partial charge in [-0.15, -0.1) is 11.3 Å². The first kappa shape index (κ1) is 16.8. The molecule has 23 heavy (non-hydrogen) atoms. The summed E-state index contributed by atoms with van der Waals surface area (Å²) in [5, 5.41) is 3.31. The molecule has 0 atom stereocenters. The summed E-state index contributed by atoms with van der Waals surface area (Å²) in [5.41, 5.74) is 0.871. The molecule has 0 saturated heterocycles. The quantitative estimate of drug-likeness (QED) is 0.879. The zero-order valence-electron chi connectivity index (χ0n) is 13.4. The number of hydrogen-bond acceptors (Lipinski definition) is 6. The second-order valence-corrected chi connectivity index (χ2v) is 5.50. The summed E-state index contributed by atoms with van der Waals surface area (Å²) in [6.45, 7) is 0. The Morgan fingerprint density at radius 1 is 1.13 bits per heavy atom. The van der Waals surface area contributed by atoms with E-state index < -0.39 is 0 Å². The average molecular weight is 334 g/mol. The van der Waals surface area contributed by atoms with Gasteiger partial charge in [-0.05, 0) is 23.8 Å². The lowest BCUT2D eigenvalue weighted by molar-refractivity contribution is 0.0967. The lowest BCUT2D eigenvalue weighted by atomic mass is 10.1. The highest BCUT2D eigenvalue weighted by Gasteiger charge is 2.12. The van der Waals surface area contributed by atoms with Gasteiger partial charge < -0.3 is 19.5 Å². The molecule has 0 radical (unpaired) electrons. The third-order valence-electron chi connectivity index (χ3n) is 3.08. The molecular formula is C16H18N2O4S. The minimum Gasteiger partial charge on any atom is -0.493 e. The minimum absolute atomic E-state index is 0.144. The van der Waals surface area contributed by atoms with Crippen LogP contribution < -0.4 is 19.5 Å². The van der Waals surface area contributed by atoms with Crippen molar-refractivity contribution in [2.24, 2.45) is 0 Å². The van der Waals surface area contributed by atoms with Crippen molar-refractivity contribution in [3.05, 3.63) is 33.8 Å². The number of nitrogens with one attached hydrogen (secondary N) is 1. The number of aromatic nitrogens is 1. The molecule has 1 N–H and O–H groups in total. The Balaban J connectivity index is 2.28. The van der Waals surface area contributed by atoms with Gasteiger partial charge in [0.05, 0.1) is 27.5 Å². The van der Waals surface area contributed by atoms with E-state index in [0.717, 1.165) is 10.6 Å². The molecule has 2 aromatic rings. The van der Waals surface area contributed by atoms with Gasteiger partial charge in [0.25, 0.3) is 5.91 Å². The van der Waals surface area contributed by atoms with E-state index in [1.807, 2.05) is 24.3 Å². The molecule has 1 amide bonds. The van der Waals surface area contributed by atoms with E-state index in [-0.39, 0.29) is 5.91 Å². The summed E-state index contributed by atoms with van der Waals surface area (Å²) in [6.07, 6.45) is 5.26. The Kier molecular flexibility index (Phi) is 5.59. The standard InChI is InChI=1S/C16H18N2O4S/c1-17-16(19)13-9-18-14(23-13)6-5-10-7-11(20-2)15(22-4)12(8-10)21-3/h5-9H,1-4H3,(H,17,19). The molecule has 0 fully saturated rings. The van der Waals surface area contributed by atoms with Crippen LogP contribution in [0.3, 0.4) is 0 Å². The molecule has 0 saturated carbocycles. The predicted octanol–water partition coefficient (Wildman–Crippen LogP) is 2.70. The van der Waals surface area contributed by atoms with Crippen LogP contribution in [0.15, 0.2) is 18.3 Å². The topological polar surface area (TPSA) is 69.7 Å². The highest BCUT2D eigenvalue weighted by molar-refractivity contribution is 7.14. The zero-order valence-corrected chi connectivity index (χ0v) is 14.2. The van der Waals surface area contributed by atoms with Crippen molar-refractivity contribution in [1.82, 2.24) is 10.3 Å². The SMILES string of the molecule is CNC(=O)c1cnc(C=Cc2cc(OC)c(OC)c(OC)c2)s1. The highest BCUT2D eigenvalue weighted by Crippen LogP contribution is 2.38. The summed E-state index contributed by atoms with van der Waals surface area (Å²) in [4.78, 5) is 16.3. The number of rotatable bonds is 6. The van der Waals surface area contributed by atoms with E-state index >= 15 is 0 Å². The third kappa shape index (κ3) is 3.81. The maximum absolute atomic E-state index is 11.5. The fourth-order valence-electron chi connectivity index (χ4n) is 1.96. The predicted molar refractivity (Wildman–Crippen MR) is 90.5 cm³/mol. The molecule has 0 aliphatic carbocycles. The largest absolute Gasteiger partial charge is 0.493 e. The lowest BCUT2D eigenvalue weighted by Crippen LogP contribution is -2.16. The number of carbonyl (C=O) groups excluding carboxylic acids is 1. The average Bonchev–Trinajstić information content (AvgIpc) is 3.07. The molecule has 0 unspecified atom stereocenters. The number of hydrogen-bond donors (Lipinski definition) is 1. The van der Waals surface area contributed by atoms with Gasteiger partial charge in [-0.1, -0.05) is 6.08 Å². The van der Waals surface area contributed by atoms with E-state index in [1.54, 1.807) is 34.6 Å². The van der Waals surface area contributed by atoms with Crippen molar-refractivity contribution in [2.45, 2.75) is 0 Å². The summed E-state index contributed by atoms with van der Waals surface area (Å²) in [6, 6.07) is 3.68. The first-order valence-electron chi connectivity index (χ1n) is 6.79. The van der Waals surface area contributed by atoms with E-state index in [9.17, 15) is 4.79 Å². The summed E-state index contributed by atoms with van der Waals surface area (Å²) in [7, 11) is 6.29. The number of methoxy groups -OCH3 is 3. The van der Waals surface area contributed by atoms with E-state index in [1.165, 1.54) is 11.3 Å². The number of benzene rings is 1. The monoisotopic (exact) mass is 334 g/mol. The van der Waals surface area contributed by atoms with Crippen molar-refractivity contribution in [1.29, 1.82) is 0 Å². The van der Waals surface area contributed by atoms with E-state index in [0.29, 0.717) is 22.1 Å². The van der Waals surface area contributed by atoms with Crippen LogP contribution in [0.5, 0.6) is 17.2 Å². The molecule has 0 spiro atoms. The molecule has 6 nitrogen and oxygen atoms in total. The first-order valence-corrected chi connectivity index (χ1v) is 7.60. The van der Waals surface area contributed by atoms with Crippen LogP contribution in [0.25, 0.3) is 12.2 Å².